The normalized spacial score (nSPS) is 11.8. The number of aromatic nitrogens is 1. The summed E-state index contributed by atoms with van der Waals surface area (Å²) in [6.07, 6.45) is 0. The number of aryl methyl sites for hydroxylation is 1. The van der Waals surface area contributed by atoms with Gasteiger partial charge < -0.3 is 0 Å². The number of pyridine rings is 1. The molecule has 0 amide bonds. The van der Waals surface area contributed by atoms with E-state index in [1.807, 2.05) is 0 Å². The first-order chi connectivity index (χ1) is 21.3. The summed E-state index contributed by atoms with van der Waals surface area (Å²) in [6.45, 7) is 2.19. The molecule has 200 valence electrons. The molecule has 8 aromatic rings. The molecule has 1 aromatic heterocycles. The highest BCUT2D eigenvalue weighted by atomic mass is 14.7. The number of fused-ring (bicyclic) bond motifs is 5. The zero-order chi connectivity index (χ0) is 28.5. The van der Waals surface area contributed by atoms with Crippen molar-refractivity contribution in [2.24, 2.45) is 0 Å². The van der Waals surface area contributed by atoms with Crippen LogP contribution in [0.25, 0.3) is 88.2 Å². The summed E-state index contributed by atoms with van der Waals surface area (Å²) >= 11 is 0. The number of benzene rings is 7. The van der Waals surface area contributed by atoms with Crippen molar-refractivity contribution in [1.82, 2.24) is 4.98 Å². The van der Waals surface area contributed by atoms with Gasteiger partial charge in [0, 0.05) is 10.9 Å². The van der Waals surface area contributed by atoms with Gasteiger partial charge in [0.05, 0.1) is 11.2 Å². The van der Waals surface area contributed by atoms with Gasteiger partial charge >= 0.3 is 0 Å². The molecule has 0 radical (unpaired) electrons. The van der Waals surface area contributed by atoms with Gasteiger partial charge in [-0.3, -0.25) is 0 Å². The van der Waals surface area contributed by atoms with Crippen molar-refractivity contribution in [2.75, 3.05) is 0 Å². The predicted molar refractivity (Wildman–Crippen MR) is 182 cm³/mol. The van der Waals surface area contributed by atoms with Crippen LogP contribution in [0.3, 0.4) is 0 Å². The minimum Gasteiger partial charge on any atom is -0.248 e. The van der Waals surface area contributed by atoms with Crippen molar-refractivity contribution in [3.8, 4) is 55.8 Å². The molecular weight excluding hydrogens is 518 g/mol. The van der Waals surface area contributed by atoms with Crippen LogP contribution >= 0.6 is 0 Å². The Morgan fingerprint density at radius 2 is 1.00 bits per heavy atom. The molecule has 43 heavy (non-hydrogen) atoms. The molecule has 0 unspecified atom stereocenters. The van der Waals surface area contributed by atoms with Crippen molar-refractivity contribution in [3.63, 3.8) is 0 Å². The third-order valence-electron chi connectivity index (χ3n) is 9.07. The smallest absolute Gasteiger partial charge is 0.0712 e. The summed E-state index contributed by atoms with van der Waals surface area (Å²) in [4.78, 5) is 5.16. The molecule has 0 atom stereocenters. The van der Waals surface area contributed by atoms with Gasteiger partial charge in [-0.15, -0.1) is 0 Å². The summed E-state index contributed by atoms with van der Waals surface area (Å²) in [5.74, 6) is 0. The maximum absolute atomic E-state index is 5.16. The van der Waals surface area contributed by atoms with Crippen molar-refractivity contribution >= 4 is 32.4 Å². The number of hydrogen-bond acceptors (Lipinski definition) is 1. The summed E-state index contributed by atoms with van der Waals surface area (Å²) in [7, 11) is 0. The first kappa shape index (κ1) is 24.1. The van der Waals surface area contributed by atoms with Gasteiger partial charge in [0.25, 0.3) is 0 Å². The van der Waals surface area contributed by atoms with Crippen molar-refractivity contribution in [2.45, 2.75) is 6.92 Å². The van der Waals surface area contributed by atoms with Crippen LogP contribution in [-0.4, -0.2) is 4.98 Å². The van der Waals surface area contributed by atoms with Gasteiger partial charge in [-0.1, -0.05) is 121 Å². The molecular formula is C42H27N. The van der Waals surface area contributed by atoms with Gasteiger partial charge in [-0.05, 0) is 103 Å². The fraction of sp³-hybridized carbons (Fsp3) is 0.0238. The van der Waals surface area contributed by atoms with Crippen molar-refractivity contribution in [1.29, 1.82) is 0 Å². The largest absolute Gasteiger partial charge is 0.248 e. The van der Waals surface area contributed by atoms with Gasteiger partial charge in [0.1, 0.15) is 0 Å². The van der Waals surface area contributed by atoms with E-state index in [1.165, 1.54) is 77.0 Å². The van der Waals surface area contributed by atoms with Crippen LogP contribution in [0.15, 0.2) is 146 Å². The molecule has 0 fully saturated rings. The SMILES string of the molecule is Cc1cc(-c2cc3c4c(cccc4c2)-c2c-3c(-c3ccccc3)c3ccccc3c2-c2ccccc2)nc2ccccc12. The Bertz CT molecular complexity index is 2380. The average Bonchev–Trinajstić information content (AvgIpc) is 3.39. The Balaban J connectivity index is 1.45. The fourth-order valence-electron chi connectivity index (χ4n) is 7.27. The quantitative estimate of drug-likeness (QED) is 0.215. The number of rotatable bonds is 3. The third kappa shape index (κ3) is 3.55. The van der Waals surface area contributed by atoms with Gasteiger partial charge in [-0.25, -0.2) is 4.98 Å². The second-order valence-corrected chi connectivity index (χ2v) is 11.5. The monoisotopic (exact) mass is 545 g/mol. The highest BCUT2D eigenvalue weighted by molar-refractivity contribution is 6.28. The molecule has 1 aliphatic carbocycles. The first-order valence-corrected chi connectivity index (χ1v) is 14.9. The van der Waals surface area contributed by atoms with Crippen LogP contribution in [0.2, 0.25) is 0 Å². The van der Waals surface area contributed by atoms with Crippen LogP contribution in [0.1, 0.15) is 5.56 Å². The van der Waals surface area contributed by atoms with E-state index in [0.717, 1.165) is 16.8 Å². The highest BCUT2D eigenvalue weighted by Gasteiger charge is 2.31. The van der Waals surface area contributed by atoms with Gasteiger partial charge in [0.15, 0.2) is 0 Å². The lowest BCUT2D eigenvalue weighted by atomic mass is 9.82. The number of hydrogen-bond donors (Lipinski definition) is 0. The van der Waals surface area contributed by atoms with Crippen LogP contribution in [0, 0.1) is 6.92 Å². The van der Waals surface area contributed by atoms with Crippen LogP contribution < -0.4 is 0 Å². The van der Waals surface area contributed by atoms with E-state index in [4.69, 9.17) is 4.98 Å². The summed E-state index contributed by atoms with van der Waals surface area (Å²) in [6, 6.07) is 52.9. The minimum absolute atomic E-state index is 1.01. The molecule has 7 aromatic carbocycles. The lowest BCUT2D eigenvalue weighted by molar-refractivity contribution is 1.36. The average molecular weight is 546 g/mol. The molecule has 1 heteroatoms. The molecule has 1 heterocycles. The standard InChI is InChI=1S/C42H27N/c1-26-23-37(43-36-22-11-10-18-31(26)36)30-24-29-17-12-21-34-38(29)35(25-30)42-40(28-15-6-3-7-16-28)33-20-9-8-19-32(33)39(41(34)42)27-13-4-2-5-14-27/h2-25H,1H3. The number of nitrogens with zero attached hydrogens (tertiary/aromatic N) is 1. The summed E-state index contributed by atoms with van der Waals surface area (Å²) < 4.78 is 0. The predicted octanol–water partition coefficient (Wildman–Crippen LogP) is 11.5. The van der Waals surface area contributed by atoms with E-state index in [-0.39, 0.29) is 0 Å². The van der Waals surface area contributed by atoms with Gasteiger partial charge in [0.2, 0.25) is 0 Å². The van der Waals surface area contributed by atoms with Crippen LogP contribution in [-0.2, 0) is 0 Å². The van der Waals surface area contributed by atoms with E-state index in [2.05, 4.69) is 153 Å². The molecule has 1 aliphatic rings. The molecule has 0 spiro atoms. The Morgan fingerprint density at radius 3 is 1.67 bits per heavy atom. The van der Waals surface area contributed by atoms with Crippen LogP contribution in [0.4, 0.5) is 0 Å². The molecule has 0 N–H and O–H groups in total. The zero-order valence-corrected chi connectivity index (χ0v) is 23.8. The van der Waals surface area contributed by atoms with Crippen LogP contribution in [0.5, 0.6) is 0 Å². The maximum atomic E-state index is 5.16. The first-order valence-electron chi connectivity index (χ1n) is 14.9. The third-order valence-corrected chi connectivity index (χ3v) is 9.07. The van der Waals surface area contributed by atoms with E-state index in [1.54, 1.807) is 0 Å². The van der Waals surface area contributed by atoms with Gasteiger partial charge in [-0.2, -0.15) is 0 Å². The number of para-hydroxylation sites is 1. The van der Waals surface area contributed by atoms with E-state index < -0.39 is 0 Å². The fourth-order valence-corrected chi connectivity index (χ4v) is 7.27. The molecule has 9 rings (SSSR count). The van der Waals surface area contributed by atoms with E-state index >= 15 is 0 Å². The zero-order valence-electron chi connectivity index (χ0n) is 23.8. The highest BCUT2D eigenvalue weighted by Crippen LogP contribution is 2.58. The Kier molecular flexibility index (Phi) is 5.18. The maximum Gasteiger partial charge on any atom is 0.0712 e. The van der Waals surface area contributed by atoms with E-state index in [9.17, 15) is 0 Å². The lowest BCUT2D eigenvalue weighted by Gasteiger charge is -2.20. The Morgan fingerprint density at radius 1 is 0.419 bits per heavy atom. The van der Waals surface area contributed by atoms with Crippen molar-refractivity contribution in [3.05, 3.63) is 151 Å². The van der Waals surface area contributed by atoms with Crippen molar-refractivity contribution < 1.29 is 0 Å². The summed E-state index contributed by atoms with van der Waals surface area (Å²) in [5.41, 5.74) is 14.7. The summed E-state index contributed by atoms with van der Waals surface area (Å²) in [5, 5.41) is 6.33. The molecule has 0 saturated carbocycles. The molecule has 0 aliphatic heterocycles. The Hall–Kier alpha value is -5.53. The topological polar surface area (TPSA) is 12.9 Å². The second-order valence-electron chi connectivity index (χ2n) is 11.5. The molecule has 1 nitrogen and oxygen atoms in total. The van der Waals surface area contributed by atoms with E-state index in [0.29, 0.717) is 0 Å². The molecule has 0 saturated heterocycles. The minimum atomic E-state index is 1.01. The Labute approximate surface area is 250 Å². The second kappa shape index (κ2) is 9.24. The molecule has 0 bridgehead atoms. The lowest BCUT2D eigenvalue weighted by Crippen LogP contribution is -1.93.